The molecule has 1 aliphatic rings. The summed E-state index contributed by atoms with van der Waals surface area (Å²) < 4.78 is 23.1. The topological polar surface area (TPSA) is 118 Å². The zero-order chi connectivity index (χ0) is 15.9. The third-order valence-corrected chi connectivity index (χ3v) is 4.73. The lowest BCUT2D eigenvalue weighted by Crippen LogP contribution is -2.26. The number of amides is 1. The van der Waals surface area contributed by atoms with E-state index in [1.807, 2.05) is 0 Å². The zero-order valence-electron chi connectivity index (χ0n) is 11.7. The molecule has 1 aromatic carbocycles. The van der Waals surface area contributed by atoms with Gasteiger partial charge >= 0.3 is 5.97 Å². The first-order chi connectivity index (χ1) is 9.61. The molecule has 0 radical (unpaired) electrons. The molecule has 1 saturated heterocycles. The second-order valence-electron chi connectivity index (χ2n) is 5.20. The molecule has 0 aliphatic carbocycles. The number of aliphatic carboxylic acids is 1. The van der Waals surface area contributed by atoms with Crippen LogP contribution in [0.3, 0.4) is 0 Å². The number of hydrogen-bond donors (Lipinski definition) is 2. The number of rotatable bonds is 3. The van der Waals surface area contributed by atoms with Gasteiger partial charge in [0.05, 0.1) is 10.8 Å². The van der Waals surface area contributed by atoms with Crippen LogP contribution in [0.4, 0.5) is 5.69 Å². The van der Waals surface area contributed by atoms with E-state index in [4.69, 9.17) is 10.2 Å². The number of carboxylic acids is 1. The molecule has 8 heteroatoms. The molecule has 0 spiro atoms. The van der Waals surface area contributed by atoms with Gasteiger partial charge in [-0.15, -0.1) is 0 Å². The number of nitrogens with two attached hydrogens (primary N) is 1. The first-order valence-corrected chi connectivity index (χ1v) is 7.83. The van der Waals surface area contributed by atoms with Gasteiger partial charge in [0.15, 0.2) is 0 Å². The van der Waals surface area contributed by atoms with Gasteiger partial charge in [-0.1, -0.05) is 0 Å². The van der Waals surface area contributed by atoms with Gasteiger partial charge in [0.1, 0.15) is 0 Å². The molecule has 0 aromatic heterocycles. The van der Waals surface area contributed by atoms with E-state index in [9.17, 15) is 18.0 Å². The van der Waals surface area contributed by atoms with Crippen molar-refractivity contribution >= 4 is 27.6 Å². The van der Waals surface area contributed by atoms with Crippen molar-refractivity contribution in [3.05, 3.63) is 23.3 Å². The number of anilines is 1. The van der Waals surface area contributed by atoms with E-state index >= 15 is 0 Å². The van der Waals surface area contributed by atoms with Gasteiger partial charge in [0.2, 0.25) is 15.9 Å². The summed E-state index contributed by atoms with van der Waals surface area (Å²) in [6.45, 7) is 3.26. The molecule has 7 nitrogen and oxygen atoms in total. The second-order valence-corrected chi connectivity index (χ2v) is 6.70. The van der Waals surface area contributed by atoms with Crippen LogP contribution in [0.5, 0.6) is 0 Å². The van der Waals surface area contributed by atoms with Gasteiger partial charge in [-0.25, -0.2) is 13.6 Å². The zero-order valence-corrected chi connectivity index (χ0v) is 12.5. The van der Waals surface area contributed by atoms with Crippen LogP contribution in [0, 0.1) is 19.8 Å². The van der Waals surface area contributed by atoms with E-state index in [1.165, 1.54) is 17.0 Å². The summed E-state index contributed by atoms with van der Waals surface area (Å²) in [5, 5.41) is 14.1. The minimum Gasteiger partial charge on any atom is -0.481 e. The molecule has 0 bridgehead atoms. The Morgan fingerprint density at radius 2 is 1.86 bits per heavy atom. The number of carboxylic acid groups (broad SMARTS) is 1. The average Bonchev–Trinajstić information content (AvgIpc) is 2.68. The lowest BCUT2D eigenvalue weighted by Gasteiger charge is -2.19. The Kier molecular flexibility index (Phi) is 3.77. The van der Waals surface area contributed by atoms with Crippen LogP contribution in [0.1, 0.15) is 17.5 Å². The SMILES string of the molecule is Cc1cc(N2CC(C(=O)O)CC2=O)cc(C)c1S(N)(=O)=O. The van der Waals surface area contributed by atoms with Gasteiger partial charge in [-0.3, -0.25) is 9.59 Å². The highest BCUT2D eigenvalue weighted by atomic mass is 32.2. The Hall–Kier alpha value is -1.93. The molecule has 0 saturated carbocycles. The van der Waals surface area contributed by atoms with Crippen molar-refractivity contribution in [2.75, 3.05) is 11.4 Å². The van der Waals surface area contributed by atoms with Crippen molar-refractivity contribution in [1.82, 2.24) is 0 Å². The number of carbonyl (C=O) groups is 2. The van der Waals surface area contributed by atoms with Crippen LogP contribution in [0.2, 0.25) is 0 Å². The van der Waals surface area contributed by atoms with Crippen LogP contribution >= 0.6 is 0 Å². The Morgan fingerprint density at radius 1 is 1.33 bits per heavy atom. The van der Waals surface area contributed by atoms with E-state index in [0.29, 0.717) is 16.8 Å². The highest BCUT2D eigenvalue weighted by Crippen LogP contribution is 2.30. The molecule has 2 rings (SSSR count). The first-order valence-electron chi connectivity index (χ1n) is 6.28. The van der Waals surface area contributed by atoms with E-state index < -0.39 is 21.9 Å². The molecule has 114 valence electrons. The number of benzene rings is 1. The minimum atomic E-state index is -3.84. The smallest absolute Gasteiger partial charge is 0.308 e. The number of aryl methyl sites for hydroxylation is 2. The quantitative estimate of drug-likeness (QED) is 0.837. The van der Waals surface area contributed by atoms with E-state index in [-0.39, 0.29) is 23.8 Å². The van der Waals surface area contributed by atoms with Gasteiger partial charge in [0.25, 0.3) is 0 Å². The lowest BCUT2D eigenvalue weighted by molar-refractivity contribution is -0.141. The summed E-state index contributed by atoms with van der Waals surface area (Å²) in [6.07, 6.45) is -0.0512. The van der Waals surface area contributed by atoms with Gasteiger partial charge in [0, 0.05) is 18.7 Å². The fraction of sp³-hybridized carbons (Fsp3) is 0.385. The van der Waals surface area contributed by atoms with Crippen LogP contribution in [0.25, 0.3) is 0 Å². The van der Waals surface area contributed by atoms with Crippen molar-refractivity contribution < 1.29 is 23.1 Å². The van der Waals surface area contributed by atoms with E-state index in [2.05, 4.69) is 0 Å². The van der Waals surface area contributed by atoms with E-state index in [1.54, 1.807) is 13.8 Å². The van der Waals surface area contributed by atoms with Gasteiger partial charge in [-0.05, 0) is 37.1 Å². The lowest BCUT2D eigenvalue weighted by atomic mass is 10.1. The summed E-state index contributed by atoms with van der Waals surface area (Å²) in [5.74, 6) is -2.04. The molecule has 21 heavy (non-hydrogen) atoms. The Balaban J connectivity index is 2.44. The van der Waals surface area contributed by atoms with Crippen molar-refractivity contribution in [2.24, 2.45) is 11.1 Å². The predicted molar refractivity (Wildman–Crippen MR) is 75.4 cm³/mol. The molecular weight excluding hydrogens is 296 g/mol. The highest BCUT2D eigenvalue weighted by molar-refractivity contribution is 7.89. The molecular formula is C13H16N2O5S. The summed E-state index contributed by atoms with van der Waals surface area (Å²) in [5.41, 5.74) is 1.35. The Morgan fingerprint density at radius 3 is 2.24 bits per heavy atom. The first kappa shape index (κ1) is 15.5. The Bertz CT molecular complexity index is 703. The van der Waals surface area contributed by atoms with Crippen molar-refractivity contribution in [3.63, 3.8) is 0 Å². The van der Waals surface area contributed by atoms with Crippen molar-refractivity contribution in [3.8, 4) is 0 Å². The number of carbonyl (C=O) groups excluding carboxylic acids is 1. The molecule has 1 heterocycles. The molecule has 1 fully saturated rings. The van der Waals surface area contributed by atoms with Crippen LogP contribution in [0.15, 0.2) is 17.0 Å². The molecule has 1 unspecified atom stereocenters. The summed E-state index contributed by atoms with van der Waals surface area (Å²) >= 11 is 0. The summed E-state index contributed by atoms with van der Waals surface area (Å²) in [6, 6.07) is 3.07. The van der Waals surface area contributed by atoms with Crippen LogP contribution in [-0.4, -0.2) is 31.9 Å². The standard InChI is InChI=1S/C13H16N2O5S/c1-7-3-10(4-8(2)12(7)21(14,19)20)15-6-9(13(17)18)5-11(15)16/h3-4,9H,5-6H2,1-2H3,(H,17,18)(H2,14,19,20). The fourth-order valence-corrected chi connectivity index (χ4v) is 3.67. The Labute approximate surface area is 122 Å². The van der Waals surface area contributed by atoms with Gasteiger partial charge in [-0.2, -0.15) is 0 Å². The maximum Gasteiger partial charge on any atom is 0.308 e. The van der Waals surface area contributed by atoms with E-state index in [0.717, 1.165) is 0 Å². The molecule has 1 amide bonds. The van der Waals surface area contributed by atoms with Gasteiger partial charge < -0.3 is 10.0 Å². The van der Waals surface area contributed by atoms with Crippen molar-refractivity contribution in [1.29, 1.82) is 0 Å². The molecule has 1 atom stereocenters. The second kappa shape index (κ2) is 5.12. The van der Waals surface area contributed by atoms with Crippen molar-refractivity contribution in [2.45, 2.75) is 25.2 Å². The molecule has 1 aliphatic heterocycles. The summed E-state index contributed by atoms with van der Waals surface area (Å²) in [7, 11) is -3.84. The fourth-order valence-electron chi connectivity index (χ4n) is 2.65. The number of hydrogen-bond acceptors (Lipinski definition) is 4. The normalized spacial score (nSPS) is 19.1. The van der Waals surface area contributed by atoms with Crippen LogP contribution in [-0.2, 0) is 19.6 Å². The number of sulfonamides is 1. The minimum absolute atomic E-state index is 0.0349. The van der Waals surface area contributed by atoms with Crippen LogP contribution < -0.4 is 10.0 Å². The summed E-state index contributed by atoms with van der Waals surface area (Å²) in [4.78, 5) is 24.3. The third-order valence-electron chi connectivity index (χ3n) is 3.52. The molecule has 3 N–H and O–H groups in total. The highest BCUT2D eigenvalue weighted by Gasteiger charge is 2.35. The predicted octanol–water partition coefficient (Wildman–Crippen LogP) is 0.388. The monoisotopic (exact) mass is 312 g/mol. The molecule has 1 aromatic rings. The maximum atomic E-state index is 11.9. The number of primary sulfonamides is 1. The number of nitrogens with zero attached hydrogens (tertiary/aromatic N) is 1. The third kappa shape index (κ3) is 2.91. The maximum absolute atomic E-state index is 11.9. The largest absolute Gasteiger partial charge is 0.481 e. The average molecular weight is 312 g/mol.